The molecular weight excluding hydrogens is 552 g/mol. The monoisotopic (exact) mass is 580 g/mol. The number of carbonyl (C=O) groups excluding carboxylic acids is 1. The molecule has 10 heteroatoms. The largest absolute Gasteiger partial charge is 0.497 e. The second-order valence-corrected chi connectivity index (χ2v) is 9.96. The fraction of sp³-hybridized carbons (Fsp3) is 0.125. The minimum atomic E-state index is -0.352. The van der Waals surface area contributed by atoms with Gasteiger partial charge in [-0.25, -0.2) is 10.4 Å². The molecule has 5 rings (SSSR count). The van der Waals surface area contributed by atoms with Crippen molar-refractivity contribution in [2.24, 2.45) is 5.10 Å². The first-order chi connectivity index (χ1) is 20.6. The summed E-state index contributed by atoms with van der Waals surface area (Å²) in [5.41, 5.74) is 5.24. The van der Waals surface area contributed by atoms with E-state index in [-0.39, 0.29) is 17.2 Å². The molecule has 0 saturated heterocycles. The Kier molecular flexibility index (Phi) is 9.15. The van der Waals surface area contributed by atoms with Crippen LogP contribution in [-0.2, 0) is 11.4 Å². The van der Waals surface area contributed by atoms with Crippen molar-refractivity contribution >= 4 is 34.8 Å². The van der Waals surface area contributed by atoms with E-state index in [1.54, 1.807) is 68.8 Å². The van der Waals surface area contributed by atoms with Crippen molar-refractivity contribution in [2.45, 2.75) is 11.8 Å². The number of rotatable bonds is 11. The lowest BCUT2D eigenvalue weighted by molar-refractivity contribution is -0.118. The van der Waals surface area contributed by atoms with Gasteiger partial charge < -0.3 is 14.2 Å². The highest BCUT2D eigenvalue weighted by atomic mass is 32.2. The lowest BCUT2D eigenvalue weighted by Gasteiger charge is -2.13. The van der Waals surface area contributed by atoms with Crippen molar-refractivity contribution in [1.82, 2.24) is 15.0 Å². The van der Waals surface area contributed by atoms with E-state index in [0.717, 1.165) is 22.9 Å². The molecule has 0 aliphatic heterocycles. The number of nitrogens with zero attached hydrogens (tertiary/aromatic N) is 3. The smallest absolute Gasteiger partial charge is 0.266 e. The standard InChI is InChI=1S/C32H28N4O5S/c1-39-25-15-13-24(14-16-25)36-31(38)26-10-6-7-11-27(26)34-32(36)42-21-30(37)35-33-19-23-12-17-28(29(18-23)40-2)41-20-22-8-4-3-5-9-22/h3-19H,20-21H2,1-2H3,(H,35,37). The van der Waals surface area contributed by atoms with Crippen molar-refractivity contribution in [3.63, 3.8) is 0 Å². The summed E-state index contributed by atoms with van der Waals surface area (Å²) in [6.45, 7) is 0.413. The molecule has 212 valence electrons. The number of hydrazone groups is 1. The quantitative estimate of drug-likeness (QED) is 0.0988. The van der Waals surface area contributed by atoms with Crippen molar-refractivity contribution in [3.8, 4) is 22.9 Å². The number of ether oxygens (including phenoxy) is 3. The van der Waals surface area contributed by atoms with Crippen LogP contribution in [0, 0.1) is 0 Å². The van der Waals surface area contributed by atoms with E-state index in [1.807, 2.05) is 42.5 Å². The number of fused-ring (bicyclic) bond motifs is 1. The van der Waals surface area contributed by atoms with Crippen LogP contribution in [0.25, 0.3) is 16.6 Å². The SMILES string of the molecule is COc1ccc(-n2c(SCC(=O)NN=Cc3ccc(OCc4ccccc4)c(OC)c3)nc3ccccc3c2=O)cc1. The van der Waals surface area contributed by atoms with Crippen molar-refractivity contribution < 1.29 is 19.0 Å². The van der Waals surface area contributed by atoms with E-state index in [9.17, 15) is 9.59 Å². The van der Waals surface area contributed by atoms with Gasteiger partial charge in [0.05, 0.1) is 42.8 Å². The predicted octanol–water partition coefficient (Wildman–Crippen LogP) is 5.22. The Balaban J connectivity index is 1.25. The second kappa shape index (κ2) is 13.5. The highest BCUT2D eigenvalue weighted by Crippen LogP contribution is 2.28. The molecule has 1 amide bonds. The number of carbonyl (C=O) groups is 1. The number of hydrogen-bond acceptors (Lipinski definition) is 8. The maximum atomic E-state index is 13.4. The van der Waals surface area contributed by atoms with E-state index in [2.05, 4.69) is 15.5 Å². The summed E-state index contributed by atoms with van der Waals surface area (Å²) < 4.78 is 18.1. The zero-order valence-electron chi connectivity index (χ0n) is 23.0. The molecule has 42 heavy (non-hydrogen) atoms. The molecule has 1 heterocycles. The van der Waals surface area contributed by atoms with Crippen LogP contribution in [0.15, 0.2) is 112 Å². The molecule has 0 bridgehead atoms. The summed E-state index contributed by atoms with van der Waals surface area (Å²) in [7, 11) is 3.14. The summed E-state index contributed by atoms with van der Waals surface area (Å²) in [5, 5.41) is 4.96. The van der Waals surface area contributed by atoms with Gasteiger partial charge in [-0.1, -0.05) is 54.2 Å². The molecule has 0 radical (unpaired) electrons. The van der Waals surface area contributed by atoms with E-state index in [4.69, 9.17) is 14.2 Å². The molecule has 1 N–H and O–H groups in total. The lowest BCUT2D eigenvalue weighted by Crippen LogP contribution is -2.24. The maximum absolute atomic E-state index is 13.4. The van der Waals surface area contributed by atoms with Gasteiger partial charge in [0.1, 0.15) is 12.4 Å². The predicted molar refractivity (Wildman–Crippen MR) is 164 cm³/mol. The molecule has 0 atom stereocenters. The molecule has 0 fully saturated rings. The molecule has 4 aromatic carbocycles. The number of methoxy groups -OCH3 is 2. The number of para-hydroxylation sites is 1. The molecule has 5 aromatic rings. The Bertz CT molecular complexity index is 1770. The normalized spacial score (nSPS) is 11.0. The third-order valence-electron chi connectivity index (χ3n) is 6.24. The highest BCUT2D eigenvalue weighted by Gasteiger charge is 2.15. The van der Waals surface area contributed by atoms with Crippen LogP contribution in [0.1, 0.15) is 11.1 Å². The molecule has 0 unspecified atom stereocenters. The molecule has 9 nitrogen and oxygen atoms in total. The molecule has 0 aliphatic carbocycles. The average Bonchev–Trinajstić information content (AvgIpc) is 3.03. The molecular formula is C32H28N4O5S. The summed E-state index contributed by atoms with van der Waals surface area (Å²) >= 11 is 1.14. The zero-order valence-corrected chi connectivity index (χ0v) is 23.8. The Morgan fingerprint density at radius 3 is 2.45 bits per heavy atom. The van der Waals surface area contributed by atoms with Gasteiger partial charge in [0, 0.05) is 0 Å². The maximum Gasteiger partial charge on any atom is 0.266 e. The number of aromatic nitrogens is 2. The van der Waals surface area contributed by atoms with Gasteiger partial charge >= 0.3 is 0 Å². The van der Waals surface area contributed by atoms with Crippen molar-refractivity contribution in [2.75, 3.05) is 20.0 Å². The topological polar surface area (TPSA) is 104 Å². The van der Waals surface area contributed by atoms with Gasteiger partial charge in [-0.2, -0.15) is 5.10 Å². The van der Waals surface area contributed by atoms with Crippen LogP contribution < -0.4 is 25.2 Å². The Hall–Kier alpha value is -5.09. The molecule has 0 saturated carbocycles. The molecule has 0 spiro atoms. The van der Waals surface area contributed by atoms with Gasteiger partial charge in [-0.05, 0) is 65.7 Å². The van der Waals surface area contributed by atoms with Crippen molar-refractivity contribution in [3.05, 3.63) is 119 Å². The van der Waals surface area contributed by atoms with Gasteiger partial charge in [-0.15, -0.1) is 0 Å². The summed E-state index contributed by atoms with van der Waals surface area (Å²) in [6, 6.07) is 29.4. The Morgan fingerprint density at radius 1 is 0.929 bits per heavy atom. The van der Waals surface area contributed by atoms with E-state index in [1.165, 1.54) is 10.8 Å². The number of benzene rings is 4. The first kappa shape index (κ1) is 28.4. The summed E-state index contributed by atoms with van der Waals surface area (Å²) in [5.74, 6) is 1.46. The van der Waals surface area contributed by atoms with E-state index < -0.39 is 0 Å². The third-order valence-corrected chi connectivity index (χ3v) is 7.17. The molecule has 1 aromatic heterocycles. The Labute approximate surface area is 246 Å². The van der Waals surface area contributed by atoms with E-state index in [0.29, 0.717) is 45.6 Å². The summed E-state index contributed by atoms with van der Waals surface area (Å²) in [6.07, 6.45) is 1.52. The third kappa shape index (κ3) is 6.79. The van der Waals surface area contributed by atoms with Gasteiger partial charge in [-0.3, -0.25) is 14.2 Å². The molecule has 0 aliphatic rings. The minimum Gasteiger partial charge on any atom is -0.497 e. The van der Waals surface area contributed by atoms with Crippen LogP contribution in [0.3, 0.4) is 0 Å². The van der Waals surface area contributed by atoms with Crippen LogP contribution >= 0.6 is 11.8 Å². The number of thioether (sulfide) groups is 1. The zero-order chi connectivity index (χ0) is 29.3. The number of nitrogens with one attached hydrogen (secondary N) is 1. The van der Waals surface area contributed by atoms with Crippen LogP contribution in [0.2, 0.25) is 0 Å². The number of hydrogen-bond donors (Lipinski definition) is 1. The van der Waals surface area contributed by atoms with Crippen LogP contribution in [-0.4, -0.2) is 41.6 Å². The van der Waals surface area contributed by atoms with Crippen LogP contribution in [0.4, 0.5) is 0 Å². The minimum absolute atomic E-state index is 0.00609. The second-order valence-electron chi connectivity index (χ2n) is 9.02. The first-order valence-corrected chi connectivity index (χ1v) is 14.0. The van der Waals surface area contributed by atoms with Gasteiger partial charge in [0.2, 0.25) is 0 Å². The van der Waals surface area contributed by atoms with E-state index >= 15 is 0 Å². The average molecular weight is 581 g/mol. The fourth-order valence-corrected chi connectivity index (χ4v) is 4.93. The van der Waals surface area contributed by atoms with Crippen LogP contribution in [0.5, 0.6) is 17.2 Å². The number of amides is 1. The first-order valence-electron chi connectivity index (χ1n) is 13.0. The highest BCUT2D eigenvalue weighted by molar-refractivity contribution is 7.99. The Morgan fingerprint density at radius 2 is 1.69 bits per heavy atom. The van der Waals surface area contributed by atoms with Gasteiger partial charge in [0.25, 0.3) is 11.5 Å². The summed E-state index contributed by atoms with van der Waals surface area (Å²) in [4.78, 5) is 30.7. The fourth-order valence-electron chi connectivity index (χ4n) is 4.13. The lowest BCUT2D eigenvalue weighted by atomic mass is 10.2. The van der Waals surface area contributed by atoms with Crippen molar-refractivity contribution in [1.29, 1.82) is 0 Å². The van der Waals surface area contributed by atoms with Gasteiger partial charge in [0.15, 0.2) is 16.7 Å².